The number of phosphoric ester groups is 1. The van der Waals surface area contributed by atoms with Crippen LogP contribution < -0.4 is 20.9 Å². The minimum atomic E-state index is -5.33. The highest BCUT2D eigenvalue weighted by Gasteiger charge is 2.43. The number of carbonyl (C=O) groups is 1. The van der Waals surface area contributed by atoms with E-state index in [0.717, 1.165) is 0 Å². The Hall–Kier alpha value is -3.98. The van der Waals surface area contributed by atoms with E-state index in [-0.39, 0.29) is 18.8 Å². The SMILES string of the molecule is C[C@H](NP(=O)(Oc1cccc2ccccc12)OP(=O)(O)OCC1O[C@@H](n2cc(F)c(=O)[nH]c2=O)C[C@H]1O)C(=O)OCc1ccccc1. The third-order valence-corrected chi connectivity index (χ3v) is 10.3. The molecule has 0 radical (unpaired) electrons. The fraction of sp³-hybridized carbons (Fsp3) is 0.276. The normalized spacial score (nSPS) is 21.1. The molecule has 4 N–H and O–H groups in total. The molecule has 0 spiro atoms. The number of nitrogens with zero attached hydrogens (tertiary/aromatic N) is 1. The fourth-order valence-corrected chi connectivity index (χ4v) is 7.64. The number of aliphatic hydroxyl groups excluding tert-OH is 1. The second-order valence-corrected chi connectivity index (χ2v) is 13.7. The molecule has 47 heavy (non-hydrogen) atoms. The van der Waals surface area contributed by atoms with Crippen molar-refractivity contribution in [2.75, 3.05) is 6.61 Å². The molecule has 6 atom stereocenters. The number of rotatable bonds is 13. The average Bonchev–Trinajstić information content (AvgIpc) is 3.40. The maximum absolute atomic E-state index is 14.1. The Bertz CT molecular complexity index is 1950. The molecule has 1 aliphatic rings. The van der Waals surface area contributed by atoms with Crippen LogP contribution in [0, 0.1) is 5.82 Å². The van der Waals surface area contributed by atoms with Gasteiger partial charge in [-0.15, -0.1) is 0 Å². The zero-order valence-corrected chi connectivity index (χ0v) is 26.4. The second kappa shape index (κ2) is 14.4. The monoisotopic (exact) mass is 693 g/mol. The summed E-state index contributed by atoms with van der Waals surface area (Å²) in [5, 5.41) is 13.9. The van der Waals surface area contributed by atoms with E-state index in [2.05, 4.69) is 5.09 Å². The van der Waals surface area contributed by atoms with Crippen LogP contribution in [-0.4, -0.2) is 50.4 Å². The number of H-pyrrole nitrogens is 1. The Morgan fingerprint density at radius 3 is 2.57 bits per heavy atom. The van der Waals surface area contributed by atoms with E-state index in [9.17, 15) is 37.9 Å². The van der Waals surface area contributed by atoms with Gasteiger partial charge in [-0.2, -0.15) is 13.8 Å². The Morgan fingerprint density at radius 2 is 1.81 bits per heavy atom. The molecule has 0 saturated carbocycles. The van der Waals surface area contributed by atoms with Gasteiger partial charge >= 0.3 is 27.2 Å². The van der Waals surface area contributed by atoms with Gasteiger partial charge in [0.15, 0.2) is 0 Å². The highest BCUT2D eigenvalue weighted by Crippen LogP contribution is 2.61. The van der Waals surface area contributed by atoms with Crippen LogP contribution in [0.4, 0.5) is 4.39 Å². The van der Waals surface area contributed by atoms with Crippen molar-refractivity contribution in [1.29, 1.82) is 0 Å². The van der Waals surface area contributed by atoms with Crippen LogP contribution in [0.1, 0.15) is 25.1 Å². The molecule has 0 amide bonds. The van der Waals surface area contributed by atoms with Gasteiger partial charge in [-0.1, -0.05) is 66.7 Å². The lowest BCUT2D eigenvalue weighted by molar-refractivity contribution is -0.146. The number of aromatic nitrogens is 2. The van der Waals surface area contributed by atoms with E-state index in [1.54, 1.807) is 71.7 Å². The Kier molecular flexibility index (Phi) is 10.5. The number of benzene rings is 3. The number of hydrogen-bond donors (Lipinski definition) is 4. The second-order valence-electron chi connectivity index (χ2n) is 10.4. The molecule has 1 aromatic heterocycles. The van der Waals surface area contributed by atoms with E-state index < -0.39 is 69.7 Å². The fourth-order valence-electron chi connectivity index (χ4n) is 4.65. The van der Waals surface area contributed by atoms with E-state index in [4.69, 9.17) is 22.8 Å². The zero-order chi connectivity index (χ0) is 33.8. The summed E-state index contributed by atoms with van der Waals surface area (Å²) in [6, 6.07) is 19.0. The molecule has 1 aliphatic heterocycles. The minimum absolute atomic E-state index is 0.0141. The molecule has 0 bridgehead atoms. The maximum atomic E-state index is 14.1. The van der Waals surface area contributed by atoms with Gasteiger partial charge in [0.1, 0.15) is 30.7 Å². The lowest BCUT2D eigenvalue weighted by Crippen LogP contribution is -2.35. The maximum Gasteiger partial charge on any atom is 0.481 e. The van der Waals surface area contributed by atoms with Crippen molar-refractivity contribution in [2.45, 2.75) is 44.4 Å². The van der Waals surface area contributed by atoms with Crippen LogP contribution in [0.15, 0.2) is 88.6 Å². The summed E-state index contributed by atoms with van der Waals surface area (Å²) in [5.41, 5.74) is -1.58. The molecule has 0 aliphatic carbocycles. The van der Waals surface area contributed by atoms with E-state index in [1.807, 2.05) is 0 Å². The molecule has 18 heteroatoms. The number of aliphatic hydroxyl groups is 1. The van der Waals surface area contributed by atoms with E-state index in [1.165, 1.54) is 13.0 Å². The van der Waals surface area contributed by atoms with Gasteiger partial charge < -0.3 is 24.0 Å². The first-order valence-electron chi connectivity index (χ1n) is 14.1. The van der Waals surface area contributed by atoms with Gasteiger partial charge in [-0.25, -0.2) is 13.9 Å². The van der Waals surface area contributed by atoms with Crippen molar-refractivity contribution < 1.29 is 51.1 Å². The number of fused-ring (bicyclic) bond motifs is 1. The van der Waals surface area contributed by atoms with Gasteiger partial charge in [0, 0.05) is 11.8 Å². The first-order valence-corrected chi connectivity index (χ1v) is 17.2. The first kappa shape index (κ1) is 34.4. The molecule has 1 fully saturated rings. The summed E-state index contributed by atoms with van der Waals surface area (Å²) in [6.45, 7) is 0.351. The average molecular weight is 694 g/mol. The van der Waals surface area contributed by atoms with E-state index in [0.29, 0.717) is 27.1 Å². The quantitative estimate of drug-likeness (QED) is 0.117. The molecule has 3 aromatic carbocycles. The van der Waals surface area contributed by atoms with E-state index >= 15 is 0 Å². The topological polar surface area (TPSA) is 205 Å². The zero-order valence-electron chi connectivity index (χ0n) is 24.6. The van der Waals surface area contributed by atoms with Crippen molar-refractivity contribution in [2.24, 2.45) is 0 Å². The number of hydrogen-bond acceptors (Lipinski definition) is 11. The van der Waals surface area contributed by atoms with Crippen molar-refractivity contribution >= 4 is 32.3 Å². The number of halogens is 1. The van der Waals surface area contributed by atoms with Crippen molar-refractivity contribution in [1.82, 2.24) is 14.6 Å². The molecule has 4 aromatic rings. The summed E-state index contributed by atoms with van der Waals surface area (Å²) >= 11 is 0. The molecule has 1 saturated heterocycles. The standard InChI is InChI=1S/C29H30FN3O12P2/c1-18(28(36)41-16-19-8-3-2-4-9-19)32-46(38,44-24-13-7-11-20-10-5-6-12-21(20)24)45-47(39,40)42-17-25-23(34)14-26(43-25)33-15-22(30)27(35)31-29(33)37/h2-13,15,18,23,25-26,34H,14,16-17H2,1H3,(H,32,38)(H,39,40)(H,31,35,37)/t18-,23+,25?,26+,46?/m0/s1. The van der Waals surface area contributed by atoms with Crippen LogP contribution in [0.5, 0.6) is 5.75 Å². The molecule has 3 unspecified atom stereocenters. The Morgan fingerprint density at radius 1 is 1.11 bits per heavy atom. The Balaban J connectivity index is 1.31. The highest BCUT2D eigenvalue weighted by molar-refractivity contribution is 7.63. The molecule has 5 rings (SSSR count). The molecular weight excluding hydrogens is 663 g/mol. The summed E-state index contributed by atoms with van der Waals surface area (Å²) in [7, 11) is -10.3. The third kappa shape index (κ3) is 8.69. The third-order valence-electron chi connectivity index (χ3n) is 6.95. The van der Waals surface area contributed by atoms with Crippen LogP contribution in [0.3, 0.4) is 0 Å². The lowest BCUT2D eigenvalue weighted by Gasteiger charge is -2.25. The lowest BCUT2D eigenvalue weighted by atomic mass is 10.1. The van der Waals surface area contributed by atoms with Gasteiger partial charge in [0.25, 0.3) is 5.56 Å². The van der Waals surface area contributed by atoms with Gasteiger partial charge in [-0.3, -0.25) is 23.7 Å². The van der Waals surface area contributed by atoms with Gasteiger partial charge in [-0.05, 0) is 23.9 Å². The van der Waals surface area contributed by atoms with Crippen LogP contribution >= 0.6 is 15.6 Å². The summed E-state index contributed by atoms with van der Waals surface area (Å²) < 4.78 is 68.1. The number of esters is 1. The number of phosphoric acid groups is 1. The highest BCUT2D eigenvalue weighted by atomic mass is 31.3. The number of carbonyl (C=O) groups excluding carboxylic acids is 1. The van der Waals surface area contributed by atoms with Crippen LogP contribution in [0.25, 0.3) is 10.8 Å². The number of aromatic amines is 1. The molecule has 15 nitrogen and oxygen atoms in total. The van der Waals surface area contributed by atoms with Crippen molar-refractivity contribution in [3.8, 4) is 5.75 Å². The number of ether oxygens (including phenoxy) is 2. The Labute approximate surface area is 266 Å². The largest absolute Gasteiger partial charge is 0.481 e. The van der Waals surface area contributed by atoms with Crippen LogP contribution in [0.2, 0.25) is 0 Å². The van der Waals surface area contributed by atoms with Crippen LogP contribution in [-0.2, 0) is 38.8 Å². The smallest absolute Gasteiger partial charge is 0.460 e. The van der Waals surface area contributed by atoms with Crippen molar-refractivity contribution in [3.05, 3.63) is 111 Å². The summed E-state index contributed by atoms with van der Waals surface area (Å²) in [5.74, 6) is -2.17. The van der Waals surface area contributed by atoms with Crippen molar-refractivity contribution in [3.63, 3.8) is 0 Å². The van der Waals surface area contributed by atoms with Gasteiger partial charge in [0.05, 0.1) is 18.9 Å². The summed E-state index contributed by atoms with van der Waals surface area (Å²) in [6.07, 6.45) is -3.66. The van der Waals surface area contributed by atoms with Gasteiger partial charge in [0.2, 0.25) is 5.82 Å². The number of nitrogens with one attached hydrogen (secondary N) is 2. The minimum Gasteiger partial charge on any atom is -0.460 e. The molecule has 250 valence electrons. The summed E-state index contributed by atoms with van der Waals surface area (Å²) in [4.78, 5) is 48.6. The predicted molar refractivity (Wildman–Crippen MR) is 164 cm³/mol. The first-order chi connectivity index (χ1) is 22.3. The molecule has 2 heterocycles. The molecular formula is C29H30FN3O12P2. The predicted octanol–water partition coefficient (Wildman–Crippen LogP) is 3.52.